The van der Waals surface area contributed by atoms with Gasteiger partial charge in [-0.1, -0.05) is 58.6 Å². The summed E-state index contributed by atoms with van der Waals surface area (Å²) in [4.78, 5) is 0. The normalized spacial score (nSPS) is 16.1. The van der Waals surface area contributed by atoms with Crippen molar-refractivity contribution in [2.24, 2.45) is 5.92 Å². The average molecular weight is 266 g/mol. The van der Waals surface area contributed by atoms with Crippen molar-refractivity contribution in [2.75, 3.05) is 0 Å². The molecule has 0 bridgehead atoms. The molecule has 0 saturated carbocycles. The number of benzene rings is 1. The van der Waals surface area contributed by atoms with E-state index in [1.807, 2.05) is 13.0 Å². The summed E-state index contributed by atoms with van der Waals surface area (Å²) in [6.45, 7) is 6.32. The van der Waals surface area contributed by atoms with Crippen LogP contribution in [0.2, 0.25) is 0 Å². The second-order valence-electron chi connectivity index (χ2n) is 5.52. The van der Waals surface area contributed by atoms with Gasteiger partial charge in [-0.3, -0.25) is 0 Å². The fraction of sp³-hybridized carbons (Fsp3) is 0.647. The molecule has 1 N–H and O–H groups in total. The zero-order valence-electron chi connectivity index (χ0n) is 12.5. The third kappa shape index (κ3) is 4.61. The lowest BCUT2D eigenvalue weighted by Crippen LogP contribution is -2.28. The van der Waals surface area contributed by atoms with Crippen molar-refractivity contribution < 1.29 is 9.50 Å². The molecular formula is C17H27FO. The molecule has 0 aromatic heterocycles. The lowest BCUT2D eigenvalue weighted by molar-refractivity contribution is 0.00452. The maximum Gasteiger partial charge on any atom is 0.123 e. The van der Waals surface area contributed by atoms with E-state index in [0.717, 1.165) is 19.3 Å². The van der Waals surface area contributed by atoms with Gasteiger partial charge < -0.3 is 5.11 Å². The van der Waals surface area contributed by atoms with E-state index in [4.69, 9.17) is 0 Å². The summed E-state index contributed by atoms with van der Waals surface area (Å²) in [6, 6.07) is 6.40. The molecule has 0 aliphatic carbocycles. The number of unbranched alkanes of at least 4 members (excludes halogenated alkanes) is 1. The summed E-state index contributed by atoms with van der Waals surface area (Å²) in [7, 11) is 0. The van der Waals surface area contributed by atoms with Gasteiger partial charge in [-0.2, -0.15) is 0 Å². The molecule has 1 rings (SSSR count). The highest BCUT2D eigenvalue weighted by molar-refractivity contribution is 5.23. The first kappa shape index (κ1) is 16.2. The molecule has 0 aliphatic heterocycles. The summed E-state index contributed by atoms with van der Waals surface area (Å²) >= 11 is 0. The Morgan fingerprint density at radius 3 is 2.53 bits per heavy atom. The SMILES string of the molecule is CCCCC(CC)CC(O)(CC)c1cccc(F)c1. The van der Waals surface area contributed by atoms with Crippen molar-refractivity contribution in [1.82, 2.24) is 0 Å². The molecule has 0 amide bonds. The van der Waals surface area contributed by atoms with E-state index < -0.39 is 5.60 Å². The van der Waals surface area contributed by atoms with Gasteiger partial charge in [0.05, 0.1) is 5.60 Å². The molecular weight excluding hydrogens is 239 g/mol. The van der Waals surface area contributed by atoms with Crippen molar-refractivity contribution in [3.8, 4) is 0 Å². The third-order valence-electron chi connectivity index (χ3n) is 4.12. The van der Waals surface area contributed by atoms with Crippen LogP contribution in [0.4, 0.5) is 4.39 Å². The van der Waals surface area contributed by atoms with Crippen LogP contribution in [0.15, 0.2) is 24.3 Å². The summed E-state index contributed by atoms with van der Waals surface area (Å²) in [5.74, 6) is 0.235. The minimum Gasteiger partial charge on any atom is -0.385 e. The predicted octanol–water partition coefficient (Wildman–Crippen LogP) is 5.03. The summed E-state index contributed by atoms with van der Waals surface area (Å²) in [6.07, 6.45) is 5.94. The molecule has 0 radical (unpaired) electrons. The first-order valence-corrected chi connectivity index (χ1v) is 7.54. The van der Waals surface area contributed by atoms with E-state index in [0.29, 0.717) is 17.9 Å². The number of hydrogen-bond acceptors (Lipinski definition) is 1. The molecule has 0 saturated heterocycles. The van der Waals surface area contributed by atoms with Gasteiger partial charge in [0.1, 0.15) is 5.82 Å². The second kappa shape index (κ2) is 7.64. The smallest absolute Gasteiger partial charge is 0.123 e. The Morgan fingerprint density at radius 1 is 1.26 bits per heavy atom. The molecule has 0 fully saturated rings. The van der Waals surface area contributed by atoms with Crippen LogP contribution >= 0.6 is 0 Å². The Labute approximate surface area is 116 Å². The highest BCUT2D eigenvalue weighted by Gasteiger charge is 2.30. The van der Waals surface area contributed by atoms with Crippen molar-refractivity contribution in [2.45, 2.75) is 64.9 Å². The maximum absolute atomic E-state index is 13.3. The van der Waals surface area contributed by atoms with E-state index in [-0.39, 0.29) is 5.82 Å². The van der Waals surface area contributed by atoms with Crippen LogP contribution in [0.5, 0.6) is 0 Å². The number of aliphatic hydroxyl groups is 1. The molecule has 1 aromatic rings. The third-order valence-corrected chi connectivity index (χ3v) is 4.12. The number of rotatable bonds is 8. The van der Waals surface area contributed by atoms with E-state index in [1.165, 1.54) is 25.0 Å². The average Bonchev–Trinajstić information content (AvgIpc) is 2.43. The van der Waals surface area contributed by atoms with Crippen molar-refractivity contribution >= 4 is 0 Å². The van der Waals surface area contributed by atoms with Gasteiger partial charge in [-0.05, 0) is 36.5 Å². The minimum atomic E-state index is -0.892. The Bertz CT molecular complexity index is 377. The van der Waals surface area contributed by atoms with Crippen molar-refractivity contribution in [3.63, 3.8) is 0 Å². The number of hydrogen-bond donors (Lipinski definition) is 1. The summed E-state index contributed by atoms with van der Waals surface area (Å²) < 4.78 is 13.3. The molecule has 2 atom stereocenters. The van der Waals surface area contributed by atoms with Gasteiger partial charge >= 0.3 is 0 Å². The molecule has 2 heteroatoms. The van der Waals surface area contributed by atoms with E-state index in [2.05, 4.69) is 13.8 Å². The highest BCUT2D eigenvalue weighted by Crippen LogP contribution is 2.35. The maximum atomic E-state index is 13.3. The fourth-order valence-electron chi connectivity index (χ4n) is 2.67. The fourth-order valence-corrected chi connectivity index (χ4v) is 2.67. The first-order valence-electron chi connectivity index (χ1n) is 7.54. The van der Waals surface area contributed by atoms with Crippen LogP contribution in [-0.4, -0.2) is 5.11 Å². The van der Waals surface area contributed by atoms with Gasteiger partial charge in [0.15, 0.2) is 0 Å². The molecule has 1 aromatic carbocycles. The van der Waals surface area contributed by atoms with Gasteiger partial charge in [0, 0.05) is 0 Å². The van der Waals surface area contributed by atoms with Crippen LogP contribution in [0.1, 0.15) is 64.9 Å². The van der Waals surface area contributed by atoms with Gasteiger partial charge in [0.25, 0.3) is 0 Å². The minimum absolute atomic E-state index is 0.272. The van der Waals surface area contributed by atoms with E-state index in [9.17, 15) is 9.50 Å². The largest absolute Gasteiger partial charge is 0.385 e. The Kier molecular flexibility index (Phi) is 6.50. The van der Waals surface area contributed by atoms with E-state index in [1.54, 1.807) is 6.07 Å². The van der Waals surface area contributed by atoms with Crippen LogP contribution in [-0.2, 0) is 5.60 Å². The quantitative estimate of drug-likeness (QED) is 0.699. The first-order chi connectivity index (χ1) is 9.05. The summed E-state index contributed by atoms with van der Waals surface area (Å²) in [5, 5.41) is 10.8. The predicted molar refractivity (Wildman–Crippen MR) is 78.5 cm³/mol. The molecule has 108 valence electrons. The van der Waals surface area contributed by atoms with Gasteiger partial charge in [0.2, 0.25) is 0 Å². The van der Waals surface area contributed by atoms with Gasteiger partial charge in [-0.15, -0.1) is 0 Å². The topological polar surface area (TPSA) is 20.2 Å². The molecule has 0 heterocycles. The molecule has 19 heavy (non-hydrogen) atoms. The second-order valence-corrected chi connectivity index (χ2v) is 5.52. The molecule has 0 spiro atoms. The van der Waals surface area contributed by atoms with Crippen LogP contribution in [0, 0.1) is 11.7 Å². The van der Waals surface area contributed by atoms with Crippen LogP contribution < -0.4 is 0 Å². The lowest BCUT2D eigenvalue weighted by atomic mass is 9.80. The molecule has 2 unspecified atom stereocenters. The summed E-state index contributed by atoms with van der Waals surface area (Å²) in [5.41, 5.74) is -0.179. The zero-order valence-corrected chi connectivity index (χ0v) is 12.5. The van der Waals surface area contributed by atoms with Crippen LogP contribution in [0.3, 0.4) is 0 Å². The Hall–Kier alpha value is -0.890. The van der Waals surface area contributed by atoms with Crippen LogP contribution in [0.25, 0.3) is 0 Å². The number of halogens is 1. The van der Waals surface area contributed by atoms with Gasteiger partial charge in [-0.25, -0.2) is 4.39 Å². The monoisotopic (exact) mass is 266 g/mol. The Morgan fingerprint density at radius 2 is 2.00 bits per heavy atom. The zero-order chi connectivity index (χ0) is 14.3. The van der Waals surface area contributed by atoms with Crippen molar-refractivity contribution in [1.29, 1.82) is 0 Å². The lowest BCUT2D eigenvalue weighted by Gasteiger charge is -2.31. The standard InChI is InChI=1S/C17H27FO/c1-4-7-9-14(5-2)13-17(19,6-3)15-10-8-11-16(18)12-15/h8,10-12,14,19H,4-7,9,13H2,1-3H3. The van der Waals surface area contributed by atoms with Crippen molar-refractivity contribution in [3.05, 3.63) is 35.6 Å². The van der Waals surface area contributed by atoms with E-state index >= 15 is 0 Å². The highest BCUT2D eigenvalue weighted by atomic mass is 19.1. The molecule has 1 nitrogen and oxygen atoms in total. The molecule has 0 aliphatic rings. The Balaban J connectivity index is 2.84.